The summed E-state index contributed by atoms with van der Waals surface area (Å²) in [5, 5.41) is 3.01. The van der Waals surface area contributed by atoms with Gasteiger partial charge >= 0.3 is 0 Å². The molecular weight excluding hydrogens is 248 g/mol. The summed E-state index contributed by atoms with van der Waals surface area (Å²) in [6.45, 7) is 10.5. The molecule has 1 amide bonds. The van der Waals surface area contributed by atoms with Crippen LogP contribution in [0.1, 0.15) is 57.7 Å². The lowest BCUT2D eigenvalue weighted by Gasteiger charge is -2.23. The fourth-order valence-corrected chi connectivity index (χ4v) is 2.34. The van der Waals surface area contributed by atoms with Crippen LogP contribution < -0.4 is 11.1 Å². The van der Waals surface area contributed by atoms with Crippen molar-refractivity contribution in [2.45, 2.75) is 59.5 Å². The van der Waals surface area contributed by atoms with E-state index in [0.717, 1.165) is 12.0 Å². The van der Waals surface area contributed by atoms with Gasteiger partial charge in [0.2, 0.25) is 5.91 Å². The molecule has 0 fully saturated rings. The molecular formula is C17H28N2O. The zero-order valence-electron chi connectivity index (χ0n) is 13.4. The highest BCUT2D eigenvalue weighted by molar-refractivity contribution is 5.77. The molecule has 20 heavy (non-hydrogen) atoms. The van der Waals surface area contributed by atoms with E-state index in [4.69, 9.17) is 5.73 Å². The van der Waals surface area contributed by atoms with E-state index in [1.807, 2.05) is 6.92 Å². The van der Waals surface area contributed by atoms with E-state index in [2.05, 4.69) is 57.3 Å². The van der Waals surface area contributed by atoms with Gasteiger partial charge in [-0.3, -0.25) is 4.79 Å². The largest absolute Gasteiger partial charge is 0.350 e. The summed E-state index contributed by atoms with van der Waals surface area (Å²) in [5.74, 6) is 0.0230. The number of nitrogens with two attached hydrogens (primary N) is 1. The Morgan fingerprint density at radius 2 is 1.80 bits per heavy atom. The summed E-state index contributed by atoms with van der Waals surface area (Å²) in [7, 11) is 0. The molecule has 0 aliphatic carbocycles. The zero-order valence-corrected chi connectivity index (χ0v) is 13.4. The third kappa shape index (κ3) is 6.20. The van der Waals surface area contributed by atoms with Gasteiger partial charge in [-0.05, 0) is 31.2 Å². The highest BCUT2D eigenvalue weighted by Crippen LogP contribution is 2.21. The van der Waals surface area contributed by atoms with Gasteiger partial charge in [-0.15, -0.1) is 0 Å². The molecule has 0 saturated heterocycles. The molecule has 2 atom stereocenters. The maximum absolute atomic E-state index is 12.0. The van der Waals surface area contributed by atoms with Gasteiger partial charge in [0.25, 0.3) is 0 Å². The molecule has 3 N–H and O–H groups in total. The number of hydrogen-bond donors (Lipinski definition) is 2. The lowest BCUT2D eigenvalue weighted by atomic mass is 9.87. The Morgan fingerprint density at radius 1 is 1.25 bits per heavy atom. The number of hydrogen-bond acceptors (Lipinski definition) is 2. The van der Waals surface area contributed by atoms with Gasteiger partial charge in [0, 0.05) is 12.5 Å². The third-order valence-electron chi connectivity index (χ3n) is 3.28. The van der Waals surface area contributed by atoms with Crippen molar-refractivity contribution in [3.63, 3.8) is 0 Å². The average Bonchev–Trinajstić information content (AvgIpc) is 2.26. The maximum Gasteiger partial charge on any atom is 0.222 e. The first-order valence-corrected chi connectivity index (χ1v) is 7.29. The summed E-state index contributed by atoms with van der Waals surface area (Å²) in [6, 6.07) is 8.15. The van der Waals surface area contributed by atoms with Gasteiger partial charge in [0.1, 0.15) is 0 Å². The monoisotopic (exact) mass is 276 g/mol. The fraction of sp³-hybridized carbons (Fsp3) is 0.588. The molecule has 0 bridgehead atoms. The number of carbonyl (C=O) groups excluding carboxylic acids is 1. The van der Waals surface area contributed by atoms with Crippen LogP contribution in [0.4, 0.5) is 0 Å². The van der Waals surface area contributed by atoms with Gasteiger partial charge in [0.05, 0.1) is 6.04 Å². The number of carbonyl (C=O) groups is 1. The van der Waals surface area contributed by atoms with Crippen molar-refractivity contribution < 1.29 is 4.79 Å². The quantitative estimate of drug-likeness (QED) is 0.866. The lowest BCUT2D eigenvalue weighted by molar-refractivity contribution is -0.122. The molecule has 0 heterocycles. The number of benzene rings is 1. The van der Waals surface area contributed by atoms with Crippen LogP contribution in [0.15, 0.2) is 24.3 Å². The van der Waals surface area contributed by atoms with E-state index < -0.39 is 0 Å². The van der Waals surface area contributed by atoms with E-state index >= 15 is 0 Å². The number of amides is 1. The third-order valence-corrected chi connectivity index (χ3v) is 3.28. The summed E-state index contributed by atoms with van der Waals surface area (Å²) >= 11 is 0. The highest BCUT2D eigenvalue weighted by Gasteiger charge is 2.19. The molecule has 1 unspecified atom stereocenters. The highest BCUT2D eigenvalue weighted by atomic mass is 16.1. The molecule has 0 radical (unpaired) electrons. The van der Waals surface area contributed by atoms with Crippen molar-refractivity contribution in [3.8, 4) is 0 Å². The van der Waals surface area contributed by atoms with E-state index in [9.17, 15) is 4.79 Å². The second-order valence-electron chi connectivity index (χ2n) is 6.93. The van der Waals surface area contributed by atoms with Crippen LogP contribution >= 0.6 is 0 Å². The van der Waals surface area contributed by atoms with Crippen LogP contribution in [0.3, 0.4) is 0 Å². The minimum atomic E-state index is -0.0831. The van der Waals surface area contributed by atoms with Gasteiger partial charge in [-0.1, -0.05) is 50.6 Å². The molecule has 1 rings (SSSR count). The SMILES string of the molecule is Cc1ccc([C@@H](C)NC(=O)CC(N)CC(C)(C)C)cc1. The van der Waals surface area contributed by atoms with Crippen molar-refractivity contribution in [2.24, 2.45) is 11.1 Å². The van der Waals surface area contributed by atoms with E-state index in [0.29, 0.717) is 6.42 Å². The first-order chi connectivity index (χ1) is 9.17. The van der Waals surface area contributed by atoms with Crippen LogP contribution in [-0.4, -0.2) is 11.9 Å². The van der Waals surface area contributed by atoms with Gasteiger partial charge in [-0.25, -0.2) is 0 Å². The number of nitrogens with one attached hydrogen (secondary N) is 1. The molecule has 0 saturated carbocycles. The Balaban J connectivity index is 2.47. The number of rotatable bonds is 5. The summed E-state index contributed by atoms with van der Waals surface area (Å²) in [5.41, 5.74) is 8.53. The Hall–Kier alpha value is -1.35. The Kier molecular flexibility index (Phi) is 5.75. The van der Waals surface area contributed by atoms with Crippen molar-refractivity contribution in [1.29, 1.82) is 0 Å². The first-order valence-electron chi connectivity index (χ1n) is 7.29. The van der Waals surface area contributed by atoms with E-state index in [1.165, 1.54) is 5.56 Å². The van der Waals surface area contributed by atoms with Crippen molar-refractivity contribution in [2.75, 3.05) is 0 Å². The van der Waals surface area contributed by atoms with E-state index in [1.54, 1.807) is 0 Å². The van der Waals surface area contributed by atoms with Crippen LogP contribution in [0.2, 0.25) is 0 Å². The van der Waals surface area contributed by atoms with E-state index in [-0.39, 0.29) is 23.4 Å². The van der Waals surface area contributed by atoms with Crippen molar-refractivity contribution in [1.82, 2.24) is 5.32 Å². The van der Waals surface area contributed by atoms with Gasteiger partial charge in [-0.2, -0.15) is 0 Å². The minimum Gasteiger partial charge on any atom is -0.350 e. The topological polar surface area (TPSA) is 55.1 Å². The molecule has 1 aromatic rings. The molecule has 0 aliphatic heterocycles. The molecule has 3 heteroatoms. The standard InChI is InChI=1S/C17H28N2O/c1-12-6-8-14(9-7-12)13(2)19-16(20)10-15(18)11-17(3,4)5/h6-9,13,15H,10-11,18H2,1-5H3,(H,19,20)/t13-,15?/m1/s1. The van der Waals surface area contributed by atoms with Gasteiger partial charge in [0.15, 0.2) is 0 Å². The van der Waals surface area contributed by atoms with Crippen LogP contribution in [0, 0.1) is 12.3 Å². The lowest BCUT2D eigenvalue weighted by Crippen LogP contribution is -2.35. The number of aryl methyl sites for hydroxylation is 1. The summed E-state index contributed by atoms with van der Waals surface area (Å²) in [6.07, 6.45) is 1.23. The molecule has 0 spiro atoms. The molecule has 0 aromatic heterocycles. The Labute approximate surface area is 122 Å². The average molecular weight is 276 g/mol. The van der Waals surface area contributed by atoms with Crippen LogP contribution in [-0.2, 0) is 4.79 Å². The Bertz CT molecular complexity index is 431. The fourth-order valence-electron chi connectivity index (χ4n) is 2.34. The normalized spacial score (nSPS) is 14.7. The summed E-state index contributed by atoms with van der Waals surface area (Å²) in [4.78, 5) is 12.0. The van der Waals surface area contributed by atoms with Crippen molar-refractivity contribution >= 4 is 5.91 Å². The minimum absolute atomic E-state index is 0.0185. The summed E-state index contributed by atoms with van der Waals surface area (Å²) < 4.78 is 0. The molecule has 3 nitrogen and oxygen atoms in total. The second kappa shape index (κ2) is 6.89. The predicted molar refractivity (Wildman–Crippen MR) is 84.4 cm³/mol. The van der Waals surface area contributed by atoms with Crippen LogP contribution in [0.25, 0.3) is 0 Å². The molecule has 1 aromatic carbocycles. The Morgan fingerprint density at radius 3 is 2.30 bits per heavy atom. The molecule has 0 aliphatic rings. The maximum atomic E-state index is 12.0. The first kappa shape index (κ1) is 16.7. The smallest absolute Gasteiger partial charge is 0.222 e. The van der Waals surface area contributed by atoms with Crippen molar-refractivity contribution in [3.05, 3.63) is 35.4 Å². The van der Waals surface area contributed by atoms with Gasteiger partial charge < -0.3 is 11.1 Å². The van der Waals surface area contributed by atoms with Crippen LogP contribution in [0.5, 0.6) is 0 Å². The molecule has 112 valence electrons. The predicted octanol–water partition coefficient (Wildman–Crippen LogP) is 3.33. The second-order valence-corrected chi connectivity index (χ2v) is 6.93. The zero-order chi connectivity index (χ0) is 15.3.